The second kappa shape index (κ2) is 6.24. The number of carbonyl (C=O) groups is 1. The van der Waals surface area contributed by atoms with Crippen molar-refractivity contribution in [3.05, 3.63) is 29.8 Å². The second-order valence-electron chi connectivity index (χ2n) is 5.08. The van der Waals surface area contributed by atoms with Crippen LogP contribution in [0.2, 0.25) is 0 Å². The number of hydrogen-bond acceptors (Lipinski definition) is 4. The summed E-state index contributed by atoms with van der Waals surface area (Å²) in [6, 6.07) is 7.45. The van der Waals surface area contributed by atoms with Gasteiger partial charge in [0.15, 0.2) is 0 Å². The maximum absolute atomic E-state index is 12.3. The van der Waals surface area contributed by atoms with Crippen molar-refractivity contribution in [2.24, 2.45) is 5.92 Å². The van der Waals surface area contributed by atoms with Crippen LogP contribution in [0.15, 0.2) is 29.2 Å². The first kappa shape index (κ1) is 15.5. The number of benzene rings is 1. The van der Waals surface area contributed by atoms with Crippen LogP contribution in [0.25, 0.3) is 0 Å². The van der Waals surface area contributed by atoms with Crippen molar-refractivity contribution >= 4 is 16.0 Å². The summed E-state index contributed by atoms with van der Waals surface area (Å²) < 4.78 is 27.0. The van der Waals surface area contributed by atoms with Gasteiger partial charge in [0.1, 0.15) is 0 Å². The summed E-state index contributed by atoms with van der Waals surface area (Å²) >= 11 is 0. The van der Waals surface area contributed by atoms with Gasteiger partial charge in [-0.05, 0) is 30.5 Å². The highest BCUT2D eigenvalue weighted by molar-refractivity contribution is 7.89. The standard InChI is InChI=1S/C14H16N2O4S/c15-9-8-10-4-6-11(7-5-10)21(19,20)16-13-3-1-2-12(13)14(17)18/h4-7,12-13,16H,1-3,8H2,(H,17,18). The number of nitrogens with zero attached hydrogens (tertiary/aromatic N) is 1. The third-order valence-corrected chi connectivity index (χ3v) is 5.16. The van der Waals surface area contributed by atoms with E-state index in [1.165, 1.54) is 12.1 Å². The van der Waals surface area contributed by atoms with Crippen molar-refractivity contribution in [1.82, 2.24) is 4.72 Å². The zero-order valence-electron chi connectivity index (χ0n) is 11.3. The molecule has 0 aromatic heterocycles. The van der Waals surface area contributed by atoms with E-state index in [0.717, 1.165) is 5.56 Å². The lowest BCUT2D eigenvalue weighted by Gasteiger charge is -2.17. The molecule has 21 heavy (non-hydrogen) atoms. The number of nitriles is 1. The van der Waals surface area contributed by atoms with Crippen LogP contribution in [0.1, 0.15) is 24.8 Å². The van der Waals surface area contributed by atoms with Gasteiger partial charge in [0.2, 0.25) is 10.0 Å². The average molecular weight is 308 g/mol. The SMILES string of the molecule is N#CCc1ccc(S(=O)(=O)NC2CCCC2C(=O)O)cc1. The maximum atomic E-state index is 12.3. The minimum atomic E-state index is -3.74. The molecule has 0 amide bonds. The smallest absolute Gasteiger partial charge is 0.308 e. The second-order valence-corrected chi connectivity index (χ2v) is 6.80. The molecule has 0 spiro atoms. The van der Waals surface area contributed by atoms with Crippen LogP contribution in [0.4, 0.5) is 0 Å². The third-order valence-electron chi connectivity index (χ3n) is 3.66. The zero-order chi connectivity index (χ0) is 15.5. The van der Waals surface area contributed by atoms with Gasteiger partial charge in [-0.25, -0.2) is 13.1 Å². The summed E-state index contributed by atoms with van der Waals surface area (Å²) in [5.74, 6) is -1.64. The molecule has 2 atom stereocenters. The lowest BCUT2D eigenvalue weighted by Crippen LogP contribution is -2.40. The lowest BCUT2D eigenvalue weighted by molar-refractivity contribution is -0.141. The van der Waals surface area contributed by atoms with Crippen LogP contribution in [0.3, 0.4) is 0 Å². The summed E-state index contributed by atoms with van der Waals surface area (Å²) in [6.45, 7) is 0. The highest BCUT2D eigenvalue weighted by atomic mass is 32.2. The normalized spacial score (nSPS) is 21.9. The van der Waals surface area contributed by atoms with Crippen molar-refractivity contribution in [2.75, 3.05) is 0 Å². The first-order valence-electron chi connectivity index (χ1n) is 6.65. The molecule has 1 fully saturated rings. The molecule has 1 aliphatic rings. The molecule has 7 heteroatoms. The Hall–Kier alpha value is -1.91. The van der Waals surface area contributed by atoms with Crippen LogP contribution in [-0.2, 0) is 21.2 Å². The fourth-order valence-corrected chi connectivity index (χ4v) is 3.85. The lowest BCUT2D eigenvalue weighted by atomic mass is 10.1. The van der Waals surface area contributed by atoms with Crippen LogP contribution in [0, 0.1) is 17.2 Å². The molecule has 2 rings (SSSR count). The average Bonchev–Trinajstić information content (AvgIpc) is 2.87. The predicted molar refractivity (Wildman–Crippen MR) is 74.8 cm³/mol. The van der Waals surface area contributed by atoms with Gasteiger partial charge in [0, 0.05) is 6.04 Å². The summed E-state index contributed by atoms with van der Waals surface area (Å²) in [5.41, 5.74) is 0.737. The fourth-order valence-electron chi connectivity index (χ4n) is 2.54. The summed E-state index contributed by atoms with van der Waals surface area (Å²) in [5, 5.41) is 17.7. The summed E-state index contributed by atoms with van der Waals surface area (Å²) in [7, 11) is -3.74. The van der Waals surface area contributed by atoms with Gasteiger partial charge in [-0.3, -0.25) is 4.79 Å². The van der Waals surface area contributed by atoms with Crippen molar-refractivity contribution in [3.63, 3.8) is 0 Å². The number of hydrogen-bond donors (Lipinski definition) is 2. The van der Waals surface area contributed by atoms with E-state index in [9.17, 15) is 13.2 Å². The number of aliphatic carboxylic acids is 1. The number of carboxylic acids is 1. The first-order valence-corrected chi connectivity index (χ1v) is 8.13. The predicted octanol–water partition coefficient (Wildman–Crippen LogP) is 1.28. The Labute approximate surface area is 123 Å². The van der Waals surface area contributed by atoms with Crippen LogP contribution in [-0.4, -0.2) is 25.5 Å². The molecule has 1 saturated carbocycles. The molecule has 2 N–H and O–H groups in total. The molecule has 0 radical (unpaired) electrons. The molecule has 1 aliphatic carbocycles. The van der Waals surface area contributed by atoms with Gasteiger partial charge in [-0.2, -0.15) is 5.26 Å². The van der Waals surface area contributed by atoms with Crippen LogP contribution in [0.5, 0.6) is 0 Å². The van der Waals surface area contributed by atoms with Gasteiger partial charge < -0.3 is 5.11 Å². The maximum Gasteiger partial charge on any atom is 0.308 e. The molecule has 6 nitrogen and oxygen atoms in total. The minimum absolute atomic E-state index is 0.0835. The van der Waals surface area contributed by atoms with E-state index >= 15 is 0 Å². The van der Waals surface area contributed by atoms with Gasteiger partial charge in [0.25, 0.3) is 0 Å². The largest absolute Gasteiger partial charge is 0.481 e. The van der Waals surface area contributed by atoms with E-state index in [4.69, 9.17) is 10.4 Å². The highest BCUT2D eigenvalue weighted by Crippen LogP contribution is 2.27. The Kier molecular flexibility index (Phi) is 4.60. The van der Waals surface area contributed by atoms with Crippen molar-refractivity contribution in [1.29, 1.82) is 5.26 Å². The van der Waals surface area contributed by atoms with Crippen LogP contribution < -0.4 is 4.72 Å². The molecule has 1 aromatic carbocycles. The van der Waals surface area contributed by atoms with E-state index in [1.807, 2.05) is 6.07 Å². The van der Waals surface area contributed by atoms with E-state index in [2.05, 4.69) is 4.72 Å². The first-order chi connectivity index (χ1) is 9.94. The minimum Gasteiger partial charge on any atom is -0.481 e. The van der Waals surface area contributed by atoms with Crippen LogP contribution >= 0.6 is 0 Å². The molecule has 0 saturated heterocycles. The van der Waals surface area contributed by atoms with Gasteiger partial charge >= 0.3 is 5.97 Å². The highest BCUT2D eigenvalue weighted by Gasteiger charge is 2.35. The topological polar surface area (TPSA) is 107 Å². The quantitative estimate of drug-likeness (QED) is 0.852. The Bertz CT molecular complexity index is 661. The number of carboxylic acid groups (broad SMARTS) is 1. The van der Waals surface area contributed by atoms with E-state index in [1.54, 1.807) is 12.1 Å². The molecular weight excluding hydrogens is 292 g/mol. The van der Waals surface area contributed by atoms with E-state index < -0.39 is 28.0 Å². The summed E-state index contributed by atoms with van der Waals surface area (Å²) in [4.78, 5) is 11.2. The fraction of sp³-hybridized carbons (Fsp3) is 0.429. The monoisotopic (exact) mass is 308 g/mol. The van der Waals surface area contributed by atoms with Gasteiger partial charge in [-0.1, -0.05) is 18.6 Å². The molecule has 0 heterocycles. The Morgan fingerprint density at radius 2 is 2.00 bits per heavy atom. The molecular formula is C14H16N2O4S. The van der Waals surface area contributed by atoms with Crippen molar-refractivity contribution < 1.29 is 18.3 Å². The Morgan fingerprint density at radius 3 is 2.57 bits per heavy atom. The molecule has 0 bridgehead atoms. The van der Waals surface area contributed by atoms with Gasteiger partial charge in [0.05, 0.1) is 23.3 Å². The van der Waals surface area contributed by atoms with E-state index in [-0.39, 0.29) is 11.3 Å². The molecule has 0 aliphatic heterocycles. The Morgan fingerprint density at radius 1 is 1.33 bits per heavy atom. The van der Waals surface area contributed by atoms with Crippen molar-refractivity contribution in [2.45, 2.75) is 36.6 Å². The molecule has 1 aromatic rings. The number of nitrogens with one attached hydrogen (secondary N) is 1. The third kappa shape index (κ3) is 3.60. The Balaban J connectivity index is 2.15. The number of rotatable bonds is 5. The molecule has 2 unspecified atom stereocenters. The van der Waals surface area contributed by atoms with Crippen molar-refractivity contribution in [3.8, 4) is 6.07 Å². The molecule has 112 valence electrons. The summed E-state index contributed by atoms with van der Waals surface area (Å²) in [6.07, 6.45) is 1.94. The number of sulfonamides is 1. The zero-order valence-corrected chi connectivity index (χ0v) is 12.1. The van der Waals surface area contributed by atoms with Gasteiger partial charge in [-0.15, -0.1) is 0 Å². The van der Waals surface area contributed by atoms with E-state index in [0.29, 0.717) is 19.3 Å².